The van der Waals surface area contributed by atoms with E-state index in [1.54, 1.807) is 12.1 Å². The molecule has 0 spiro atoms. The van der Waals surface area contributed by atoms with Crippen LogP contribution in [0.5, 0.6) is 5.75 Å². The number of morpholine rings is 1. The van der Waals surface area contributed by atoms with E-state index in [9.17, 15) is 13.2 Å². The van der Waals surface area contributed by atoms with Crippen molar-refractivity contribution < 1.29 is 22.7 Å². The Hall–Kier alpha value is -2.62. The third-order valence-electron chi connectivity index (χ3n) is 6.25. The van der Waals surface area contributed by atoms with Crippen LogP contribution >= 0.6 is 0 Å². The lowest BCUT2D eigenvalue weighted by Crippen LogP contribution is -2.40. The van der Waals surface area contributed by atoms with Gasteiger partial charge in [0.1, 0.15) is 5.75 Å². The Bertz CT molecular complexity index is 1090. The maximum absolute atomic E-state index is 13.2. The lowest BCUT2D eigenvalue weighted by molar-refractivity contribution is -0.118. The summed E-state index contributed by atoms with van der Waals surface area (Å²) in [4.78, 5) is 15.2. The van der Waals surface area contributed by atoms with Crippen molar-refractivity contribution in [2.24, 2.45) is 0 Å². The normalized spacial score (nSPS) is 17.7. The van der Waals surface area contributed by atoms with Crippen LogP contribution in [0.25, 0.3) is 0 Å². The number of ether oxygens (including phenoxy) is 2. The van der Waals surface area contributed by atoms with Crippen molar-refractivity contribution in [2.75, 3.05) is 56.2 Å². The molecule has 0 aliphatic carbocycles. The SMILES string of the molecule is Cc1ccccc1OCC(=O)Nc1cc(S(=O)(=O)N2CCOCC2)ccc1N1CCCCCC1. The summed E-state index contributed by atoms with van der Waals surface area (Å²) < 4.78 is 38.9. The molecular weight excluding hydrogens is 454 g/mol. The number of aryl methyl sites for hydroxylation is 1. The van der Waals surface area contributed by atoms with Gasteiger partial charge in [0.2, 0.25) is 10.0 Å². The number of para-hydroxylation sites is 1. The smallest absolute Gasteiger partial charge is 0.262 e. The molecule has 2 fully saturated rings. The number of sulfonamides is 1. The Labute approximate surface area is 201 Å². The molecule has 34 heavy (non-hydrogen) atoms. The minimum absolute atomic E-state index is 0.162. The van der Waals surface area contributed by atoms with Crippen LogP contribution in [0.1, 0.15) is 31.2 Å². The molecular formula is C25H33N3O5S. The zero-order chi connectivity index (χ0) is 24.0. The molecule has 2 aromatic carbocycles. The van der Waals surface area contributed by atoms with E-state index in [0.29, 0.717) is 37.7 Å². The van der Waals surface area contributed by atoms with Crippen molar-refractivity contribution in [2.45, 2.75) is 37.5 Å². The highest BCUT2D eigenvalue weighted by Gasteiger charge is 2.28. The Morgan fingerprint density at radius 1 is 1.00 bits per heavy atom. The van der Waals surface area contributed by atoms with Crippen LogP contribution < -0.4 is 15.0 Å². The number of benzene rings is 2. The lowest BCUT2D eigenvalue weighted by Gasteiger charge is -2.28. The van der Waals surface area contributed by atoms with Gasteiger partial charge in [0.05, 0.1) is 29.5 Å². The van der Waals surface area contributed by atoms with Crippen LogP contribution in [0, 0.1) is 6.92 Å². The first-order valence-electron chi connectivity index (χ1n) is 11.9. The van der Waals surface area contributed by atoms with E-state index < -0.39 is 10.0 Å². The molecule has 0 unspecified atom stereocenters. The highest BCUT2D eigenvalue weighted by molar-refractivity contribution is 7.89. The van der Waals surface area contributed by atoms with Gasteiger partial charge in [-0.05, 0) is 49.6 Å². The molecule has 9 heteroatoms. The van der Waals surface area contributed by atoms with Crippen LogP contribution in [-0.2, 0) is 19.6 Å². The number of nitrogens with zero attached hydrogens (tertiary/aromatic N) is 2. The first-order chi connectivity index (χ1) is 16.4. The molecule has 0 radical (unpaired) electrons. The molecule has 2 aromatic rings. The van der Waals surface area contributed by atoms with E-state index in [4.69, 9.17) is 9.47 Å². The molecule has 0 bridgehead atoms. The minimum Gasteiger partial charge on any atom is -0.483 e. The van der Waals surface area contributed by atoms with Gasteiger partial charge in [0.15, 0.2) is 6.61 Å². The number of anilines is 2. The summed E-state index contributed by atoms with van der Waals surface area (Å²) in [7, 11) is -3.68. The van der Waals surface area contributed by atoms with Crippen LogP contribution in [0.2, 0.25) is 0 Å². The third kappa shape index (κ3) is 5.89. The minimum atomic E-state index is -3.68. The number of hydrogen-bond donors (Lipinski definition) is 1. The summed E-state index contributed by atoms with van der Waals surface area (Å²) in [5, 5.41) is 2.92. The molecule has 0 saturated carbocycles. The molecule has 2 heterocycles. The van der Waals surface area contributed by atoms with Gasteiger partial charge in [-0.1, -0.05) is 31.0 Å². The molecule has 1 N–H and O–H groups in total. The summed E-state index contributed by atoms with van der Waals surface area (Å²) in [6, 6.07) is 12.6. The van der Waals surface area contributed by atoms with Crippen LogP contribution in [-0.4, -0.2) is 64.6 Å². The van der Waals surface area contributed by atoms with Crippen molar-refractivity contribution >= 4 is 27.3 Å². The third-order valence-corrected chi connectivity index (χ3v) is 8.14. The largest absolute Gasteiger partial charge is 0.483 e. The summed E-state index contributed by atoms with van der Waals surface area (Å²) >= 11 is 0. The van der Waals surface area contributed by atoms with Gasteiger partial charge in [-0.3, -0.25) is 4.79 Å². The van der Waals surface area contributed by atoms with Gasteiger partial charge in [0.25, 0.3) is 5.91 Å². The highest BCUT2D eigenvalue weighted by Crippen LogP contribution is 2.32. The van der Waals surface area contributed by atoms with Crippen molar-refractivity contribution in [3.8, 4) is 5.75 Å². The average molecular weight is 488 g/mol. The summed E-state index contributed by atoms with van der Waals surface area (Å²) in [5.74, 6) is 0.314. The standard InChI is InChI=1S/C25H33N3O5S/c1-20-8-4-5-9-24(20)33-19-25(29)26-22-18-21(34(30,31)28-14-16-32-17-15-28)10-11-23(22)27-12-6-2-3-7-13-27/h4-5,8-11,18H,2-3,6-7,12-17,19H2,1H3,(H,26,29). The Morgan fingerprint density at radius 3 is 2.41 bits per heavy atom. The Balaban J connectivity index is 1.58. The number of amides is 1. The quantitative estimate of drug-likeness (QED) is 0.644. The molecule has 0 atom stereocenters. The van der Waals surface area contributed by atoms with Crippen LogP contribution in [0.4, 0.5) is 11.4 Å². The van der Waals surface area contributed by atoms with Crippen LogP contribution in [0.15, 0.2) is 47.4 Å². The molecule has 1 amide bonds. The lowest BCUT2D eigenvalue weighted by atomic mass is 10.2. The van der Waals surface area contributed by atoms with E-state index in [2.05, 4.69) is 10.2 Å². The van der Waals surface area contributed by atoms with Crippen molar-refractivity contribution in [3.63, 3.8) is 0 Å². The van der Waals surface area contributed by atoms with Gasteiger partial charge >= 0.3 is 0 Å². The van der Waals surface area contributed by atoms with Crippen molar-refractivity contribution in [3.05, 3.63) is 48.0 Å². The Kier molecular flexibility index (Phi) is 8.07. The fraction of sp³-hybridized carbons (Fsp3) is 0.480. The van der Waals surface area contributed by atoms with E-state index in [0.717, 1.165) is 37.2 Å². The fourth-order valence-corrected chi connectivity index (χ4v) is 5.78. The second-order valence-corrected chi connectivity index (χ2v) is 10.6. The first-order valence-corrected chi connectivity index (χ1v) is 13.3. The summed E-state index contributed by atoms with van der Waals surface area (Å²) in [5.41, 5.74) is 2.28. The maximum Gasteiger partial charge on any atom is 0.262 e. The zero-order valence-corrected chi connectivity index (χ0v) is 20.5. The van der Waals surface area contributed by atoms with Crippen molar-refractivity contribution in [1.29, 1.82) is 0 Å². The number of hydrogen-bond acceptors (Lipinski definition) is 6. The van der Waals surface area contributed by atoms with E-state index >= 15 is 0 Å². The second-order valence-electron chi connectivity index (χ2n) is 8.70. The number of nitrogens with one attached hydrogen (secondary N) is 1. The van der Waals surface area contributed by atoms with E-state index in [1.807, 2.05) is 37.3 Å². The summed E-state index contributed by atoms with van der Waals surface area (Å²) in [6.07, 6.45) is 4.48. The summed E-state index contributed by atoms with van der Waals surface area (Å²) in [6.45, 7) is 4.91. The molecule has 2 saturated heterocycles. The fourth-order valence-electron chi connectivity index (χ4n) is 4.35. The first kappa shape index (κ1) is 24.5. The highest BCUT2D eigenvalue weighted by atomic mass is 32.2. The van der Waals surface area contributed by atoms with Crippen molar-refractivity contribution in [1.82, 2.24) is 4.31 Å². The predicted molar refractivity (Wildman–Crippen MR) is 132 cm³/mol. The van der Waals surface area contributed by atoms with E-state index in [-0.39, 0.29) is 17.4 Å². The Morgan fingerprint density at radius 2 is 1.71 bits per heavy atom. The average Bonchev–Trinajstić information content (AvgIpc) is 3.13. The second kappa shape index (κ2) is 11.2. The van der Waals surface area contributed by atoms with Gasteiger partial charge in [-0.25, -0.2) is 8.42 Å². The number of carbonyl (C=O) groups excluding carboxylic acids is 1. The van der Waals surface area contributed by atoms with Gasteiger partial charge in [-0.2, -0.15) is 4.31 Å². The monoisotopic (exact) mass is 487 g/mol. The predicted octanol–water partition coefficient (Wildman–Crippen LogP) is 3.41. The molecule has 2 aliphatic rings. The van der Waals surface area contributed by atoms with Gasteiger partial charge in [0, 0.05) is 26.2 Å². The number of carbonyl (C=O) groups is 1. The molecule has 8 nitrogen and oxygen atoms in total. The topological polar surface area (TPSA) is 88.2 Å². The number of rotatable bonds is 7. The van der Waals surface area contributed by atoms with E-state index in [1.165, 1.54) is 17.1 Å². The maximum atomic E-state index is 13.2. The van der Waals surface area contributed by atoms with Gasteiger partial charge < -0.3 is 19.7 Å². The molecule has 2 aliphatic heterocycles. The van der Waals surface area contributed by atoms with Gasteiger partial charge in [-0.15, -0.1) is 0 Å². The molecule has 184 valence electrons. The van der Waals surface area contributed by atoms with Crippen LogP contribution in [0.3, 0.4) is 0 Å². The molecule has 0 aromatic heterocycles. The molecule has 4 rings (SSSR count). The zero-order valence-electron chi connectivity index (χ0n) is 19.7.